The number of hydrogen-bond donors (Lipinski definition) is 0. The summed E-state index contributed by atoms with van der Waals surface area (Å²) in [5.74, 6) is 0. The topological polar surface area (TPSA) is 3.24 Å². The minimum atomic E-state index is -2.01. The smallest absolute Gasteiger partial charge is 0.114 e. The maximum absolute atomic E-state index is 2.53. The first kappa shape index (κ1) is 30.1. The van der Waals surface area contributed by atoms with Gasteiger partial charge in [-0.3, -0.25) is 0 Å². The van der Waals surface area contributed by atoms with E-state index in [4.69, 9.17) is 0 Å². The molecule has 0 bridgehead atoms. The number of anilines is 3. The van der Waals surface area contributed by atoms with Crippen LogP contribution in [0.5, 0.6) is 0 Å². The SMILES string of the molecule is C[Si]1(C)c2cc(N(c3ccc(-c4ccccc4)cc3)c3ccccc3-c3cccc4ccccc34)ccc2-c2c1ccc1c2sc2ccccc21. The fourth-order valence-electron chi connectivity index (χ4n) is 8.35. The van der Waals surface area contributed by atoms with Gasteiger partial charge in [0.2, 0.25) is 0 Å². The average Bonchev–Trinajstić information content (AvgIpc) is 3.67. The van der Waals surface area contributed by atoms with Crippen molar-refractivity contribution in [2.24, 2.45) is 0 Å². The van der Waals surface area contributed by atoms with Gasteiger partial charge in [-0.1, -0.05) is 153 Å². The number of rotatable bonds is 5. The van der Waals surface area contributed by atoms with Crippen molar-refractivity contribution in [3.63, 3.8) is 0 Å². The standard InChI is InChI=1S/C48H35NSSi/c1-51(2)45-30-29-41-40-19-9-11-22-44(40)50-48(41)47(45)42-28-27-36(31-46(42)51)49(35-25-23-33(24-26-35)32-13-4-3-5-14-32)43-21-10-8-18-39(43)38-20-12-16-34-15-6-7-17-37(34)38/h3-31H,1-2H3. The molecular weight excluding hydrogens is 651 g/mol. The van der Waals surface area contributed by atoms with Crippen LogP contribution in [0.4, 0.5) is 17.1 Å². The molecule has 0 spiro atoms. The van der Waals surface area contributed by atoms with Crippen molar-refractivity contribution in [2.75, 3.05) is 4.90 Å². The van der Waals surface area contributed by atoms with Gasteiger partial charge in [0, 0.05) is 37.1 Å². The molecule has 242 valence electrons. The second kappa shape index (κ2) is 11.7. The fourth-order valence-corrected chi connectivity index (χ4v) is 12.8. The van der Waals surface area contributed by atoms with Gasteiger partial charge in [-0.25, -0.2) is 0 Å². The van der Waals surface area contributed by atoms with E-state index in [0.717, 1.165) is 5.69 Å². The highest BCUT2D eigenvalue weighted by molar-refractivity contribution is 7.26. The van der Waals surface area contributed by atoms with Crippen LogP contribution in [0.15, 0.2) is 176 Å². The van der Waals surface area contributed by atoms with Crippen molar-refractivity contribution < 1.29 is 0 Å². The Balaban J connectivity index is 1.19. The van der Waals surface area contributed by atoms with Crippen LogP contribution < -0.4 is 15.3 Å². The number of nitrogens with zero attached hydrogens (tertiary/aromatic N) is 1. The predicted molar refractivity (Wildman–Crippen MR) is 225 cm³/mol. The summed E-state index contributed by atoms with van der Waals surface area (Å²) in [4.78, 5) is 2.48. The van der Waals surface area contributed by atoms with E-state index < -0.39 is 8.07 Å². The van der Waals surface area contributed by atoms with Crippen LogP contribution in [-0.2, 0) is 0 Å². The summed E-state index contributed by atoms with van der Waals surface area (Å²) in [5.41, 5.74) is 11.3. The van der Waals surface area contributed by atoms with Crippen LogP contribution in [0.2, 0.25) is 13.1 Å². The van der Waals surface area contributed by atoms with Crippen LogP contribution in [0.3, 0.4) is 0 Å². The Morgan fingerprint density at radius 3 is 1.98 bits per heavy atom. The molecule has 0 unspecified atom stereocenters. The van der Waals surface area contributed by atoms with Crippen molar-refractivity contribution in [1.82, 2.24) is 0 Å². The first-order valence-electron chi connectivity index (χ1n) is 17.7. The molecule has 0 atom stereocenters. The molecule has 8 aromatic carbocycles. The monoisotopic (exact) mass is 685 g/mol. The zero-order chi connectivity index (χ0) is 34.1. The molecule has 1 aliphatic heterocycles. The van der Waals surface area contributed by atoms with Gasteiger partial charge in [0.05, 0.1) is 5.69 Å². The molecule has 10 rings (SSSR count). The molecule has 2 heterocycles. The number of thiophene rings is 1. The quantitative estimate of drug-likeness (QED) is 0.163. The lowest BCUT2D eigenvalue weighted by atomic mass is 9.96. The lowest BCUT2D eigenvalue weighted by Crippen LogP contribution is -2.49. The lowest BCUT2D eigenvalue weighted by Gasteiger charge is -2.30. The van der Waals surface area contributed by atoms with Gasteiger partial charge < -0.3 is 4.90 Å². The summed E-state index contributed by atoms with van der Waals surface area (Å²) >= 11 is 1.95. The summed E-state index contributed by atoms with van der Waals surface area (Å²) in [6.45, 7) is 5.06. The molecule has 1 nitrogen and oxygen atoms in total. The molecule has 51 heavy (non-hydrogen) atoms. The second-order valence-electron chi connectivity index (χ2n) is 14.1. The Hall–Kier alpha value is -5.74. The molecule has 9 aromatic rings. The van der Waals surface area contributed by atoms with Crippen molar-refractivity contribution in [1.29, 1.82) is 0 Å². The molecular formula is C48H35NSSi. The van der Waals surface area contributed by atoms with E-state index in [9.17, 15) is 0 Å². The first-order valence-corrected chi connectivity index (χ1v) is 21.5. The van der Waals surface area contributed by atoms with E-state index in [-0.39, 0.29) is 0 Å². The highest BCUT2D eigenvalue weighted by Crippen LogP contribution is 2.46. The van der Waals surface area contributed by atoms with E-state index in [1.54, 1.807) is 5.19 Å². The Bertz CT molecular complexity index is 2770. The van der Waals surface area contributed by atoms with E-state index >= 15 is 0 Å². The Morgan fingerprint density at radius 1 is 0.451 bits per heavy atom. The fraction of sp³-hybridized carbons (Fsp3) is 0.0417. The minimum absolute atomic E-state index is 1.14. The molecule has 3 heteroatoms. The Morgan fingerprint density at radius 2 is 1.12 bits per heavy atom. The highest BCUT2D eigenvalue weighted by atomic mass is 32.1. The Kier molecular flexibility index (Phi) is 6.89. The molecule has 0 saturated heterocycles. The van der Waals surface area contributed by atoms with Crippen molar-refractivity contribution >= 4 is 77.8 Å². The molecule has 0 N–H and O–H groups in total. The van der Waals surface area contributed by atoms with Crippen LogP contribution in [0, 0.1) is 0 Å². The zero-order valence-corrected chi connectivity index (χ0v) is 30.4. The molecule has 0 aliphatic carbocycles. The van der Waals surface area contributed by atoms with Gasteiger partial charge in [0.25, 0.3) is 0 Å². The van der Waals surface area contributed by atoms with E-state index in [1.165, 1.54) is 80.9 Å². The summed E-state index contributed by atoms with van der Waals surface area (Å²) in [7, 11) is -2.01. The van der Waals surface area contributed by atoms with Gasteiger partial charge in [-0.05, 0) is 85.4 Å². The molecule has 0 saturated carbocycles. The van der Waals surface area contributed by atoms with Crippen molar-refractivity contribution in [3.8, 4) is 33.4 Å². The molecule has 0 amide bonds. The third-order valence-electron chi connectivity index (χ3n) is 10.9. The maximum atomic E-state index is 2.53. The molecule has 1 aromatic heterocycles. The Labute approximate surface area is 303 Å². The number of fused-ring (bicyclic) bond motifs is 8. The van der Waals surface area contributed by atoms with Gasteiger partial charge >= 0.3 is 0 Å². The summed E-state index contributed by atoms with van der Waals surface area (Å²) in [6, 6.07) is 65.0. The van der Waals surface area contributed by atoms with Crippen LogP contribution in [-0.4, -0.2) is 8.07 Å². The third-order valence-corrected chi connectivity index (χ3v) is 15.6. The van der Waals surface area contributed by atoms with Crippen LogP contribution >= 0.6 is 11.3 Å². The number of hydrogen-bond acceptors (Lipinski definition) is 2. The largest absolute Gasteiger partial charge is 0.310 e. The number of benzene rings is 8. The van der Waals surface area contributed by atoms with E-state index in [1.807, 2.05) is 11.3 Å². The number of para-hydroxylation sites is 1. The van der Waals surface area contributed by atoms with Crippen LogP contribution in [0.1, 0.15) is 0 Å². The summed E-state index contributed by atoms with van der Waals surface area (Å²) in [6.07, 6.45) is 0. The van der Waals surface area contributed by atoms with Gasteiger partial charge in [-0.2, -0.15) is 0 Å². The predicted octanol–water partition coefficient (Wildman–Crippen LogP) is 12.8. The maximum Gasteiger partial charge on any atom is 0.114 e. The minimum Gasteiger partial charge on any atom is -0.310 e. The van der Waals surface area contributed by atoms with E-state index in [0.29, 0.717) is 0 Å². The molecule has 0 fully saturated rings. The average molecular weight is 686 g/mol. The van der Waals surface area contributed by atoms with Gasteiger partial charge in [0.1, 0.15) is 8.07 Å². The summed E-state index contributed by atoms with van der Waals surface area (Å²) in [5, 5.41) is 8.30. The third kappa shape index (κ3) is 4.73. The van der Waals surface area contributed by atoms with Crippen LogP contribution in [0.25, 0.3) is 64.3 Å². The first-order chi connectivity index (χ1) is 25.1. The van der Waals surface area contributed by atoms with E-state index in [2.05, 4.69) is 194 Å². The lowest BCUT2D eigenvalue weighted by molar-refractivity contribution is 1.29. The molecule has 0 radical (unpaired) electrons. The second-order valence-corrected chi connectivity index (χ2v) is 19.5. The van der Waals surface area contributed by atoms with Crippen molar-refractivity contribution in [3.05, 3.63) is 176 Å². The summed E-state index contributed by atoms with van der Waals surface area (Å²) < 4.78 is 2.79. The highest BCUT2D eigenvalue weighted by Gasteiger charge is 2.39. The molecule has 1 aliphatic rings. The van der Waals surface area contributed by atoms with Gasteiger partial charge in [0.15, 0.2) is 0 Å². The van der Waals surface area contributed by atoms with Gasteiger partial charge in [-0.15, -0.1) is 11.3 Å². The normalized spacial score (nSPS) is 13.1. The van der Waals surface area contributed by atoms with Crippen molar-refractivity contribution in [2.45, 2.75) is 13.1 Å². The zero-order valence-electron chi connectivity index (χ0n) is 28.6.